The molecule has 0 spiro atoms. The standard InChI is InChI=1S/C19H19FN4O4/c20-14-5-3-12(4-6-14)10-23-17(25)15-16(22-8-7-21-15)18(26)24-9-1-2-13(11-24)19(27)28/h3-8,13H,1-2,9-11H2,(H,23,25)(H,27,28)/t13-/m0/s1. The maximum atomic E-state index is 13.0. The lowest BCUT2D eigenvalue weighted by Gasteiger charge is -2.30. The van der Waals surface area contributed by atoms with Crippen LogP contribution >= 0.6 is 0 Å². The molecule has 2 N–H and O–H groups in total. The Bertz CT molecular complexity index is 888. The van der Waals surface area contributed by atoms with Crippen molar-refractivity contribution in [3.63, 3.8) is 0 Å². The Labute approximate surface area is 160 Å². The summed E-state index contributed by atoms with van der Waals surface area (Å²) in [6.07, 6.45) is 3.68. The van der Waals surface area contributed by atoms with E-state index in [1.165, 1.54) is 41.6 Å². The molecular weight excluding hydrogens is 367 g/mol. The van der Waals surface area contributed by atoms with Crippen LogP contribution in [0.3, 0.4) is 0 Å². The Balaban J connectivity index is 1.72. The molecule has 0 unspecified atom stereocenters. The van der Waals surface area contributed by atoms with Gasteiger partial charge in [-0.3, -0.25) is 14.4 Å². The number of carboxylic acid groups (broad SMARTS) is 1. The van der Waals surface area contributed by atoms with Crippen molar-refractivity contribution in [2.75, 3.05) is 13.1 Å². The van der Waals surface area contributed by atoms with E-state index in [0.29, 0.717) is 24.9 Å². The number of likely N-dealkylation sites (tertiary alicyclic amines) is 1. The van der Waals surface area contributed by atoms with Crippen molar-refractivity contribution < 1.29 is 23.9 Å². The minimum atomic E-state index is -0.950. The van der Waals surface area contributed by atoms with Crippen LogP contribution in [-0.4, -0.2) is 50.8 Å². The number of nitrogens with zero attached hydrogens (tertiary/aromatic N) is 3. The van der Waals surface area contributed by atoms with Gasteiger partial charge in [-0.15, -0.1) is 0 Å². The number of hydrogen-bond acceptors (Lipinski definition) is 5. The SMILES string of the molecule is O=C(NCc1ccc(F)cc1)c1nccnc1C(=O)N1CCC[C@H](C(=O)O)C1. The highest BCUT2D eigenvalue weighted by Crippen LogP contribution is 2.19. The van der Waals surface area contributed by atoms with Gasteiger partial charge in [-0.2, -0.15) is 0 Å². The van der Waals surface area contributed by atoms with E-state index in [9.17, 15) is 23.9 Å². The van der Waals surface area contributed by atoms with Crippen LogP contribution in [-0.2, 0) is 11.3 Å². The van der Waals surface area contributed by atoms with E-state index in [-0.39, 0.29) is 30.3 Å². The third-order valence-electron chi connectivity index (χ3n) is 4.54. The molecule has 1 aliphatic rings. The van der Waals surface area contributed by atoms with Gasteiger partial charge in [0.1, 0.15) is 5.82 Å². The number of piperidine rings is 1. The smallest absolute Gasteiger partial charge is 0.308 e. The molecule has 9 heteroatoms. The summed E-state index contributed by atoms with van der Waals surface area (Å²) in [5.41, 5.74) is 0.434. The second-order valence-corrected chi connectivity index (χ2v) is 6.49. The van der Waals surface area contributed by atoms with Crippen LogP contribution < -0.4 is 5.32 Å². The summed E-state index contributed by atoms with van der Waals surface area (Å²) in [6.45, 7) is 0.603. The quantitative estimate of drug-likeness (QED) is 0.805. The predicted octanol–water partition coefficient (Wildman–Crippen LogP) is 1.48. The zero-order valence-electron chi connectivity index (χ0n) is 15.0. The first kappa shape index (κ1) is 19.4. The van der Waals surface area contributed by atoms with Gasteiger partial charge in [-0.05, 0) is 30.5 Å². The first-order valence-corrected chi connectivity index (χ1v) is 8.81. The lowest BCUT2D eigenvalue weighted by atomic mass is 9.98. The monoisotopic (exact) mass is 386 g/mol. The third-order valence-corrected chi connectivity index (χ3v) is 4.54. The van der Waals surface area contributed by atoms with E-state index >= 15 is 0 Å². The minimum absolute atomic E-state index is 0.0708. The van der Waals surface area contributed by atoms with Crippen molar-refractivity contribution in [1.29, 1.82) is 0 Å². The molecule has 0 radical (unpaired) electrons. The molecule has 3 rings (SSSR count). The maximum absolute atomic E-state index is 13.0. The van der Waals surface area contributed by atoms with Crippen molar-refractivity contribution in [1.82, 2.24) is 20.2 Å². The van der Waals surface area contributed by atoms with Crippen LogP contribution in [0.15, 0.2) is 36.7 Å². The Morgan fingerprint density at radius 3 is 2.50 bits per heavy atom. The highest BCUT2D eigenvalue weighted by molar-refractivity contribution is 6.04. The molecular formula is C19H19FN4O4. The van der Waals surface area contributed by atoms with Gasteiger partial charge in [-0.25, -0.2) is 14.4 Å². The van der Waals surface area contributed by atoms with E-state index in [4.69, 9.17) is 0 Å². The largest absolute Gasteiger partial charge is 0.481 e. The Kier molecular flexibility index (Phi) is 5.93. The van der Waals surface area contributed by atoms with Gasteiger partial charge in [0.05, 0.1) is 5.92 Å². The number of aliphatic carboxylic acids is 1. The molecule has 2 amide bonds. The van der Waals surface area contributed by atoms with Crippen LogP contribution in [0, 0.1) is 11.7 Å². The van der Waals surface area contributed by atoms with Gasteiger partial charge in [-0.1, -0.05) is 12.1 Å². The van der Waals surface area contributed by atoms with Gasteiger partial charge < -0.3 is 15.3 Å². The lowest BCUT2D eigenvalue weighted by Crippen LogP contribution is -2.43. The van der Waals surface area contributed by atoms with Crippen molar-refractivity contribution in [2.24, 2.45) is 5.92 Å². The summed E-state index contributed by atoms with van der Waals surface area (Å²) in [7, 11) is 0. The van der Waals surface area contributed by atoms with Gasteiger partial charge >= 0.3 is 5.97 Å². The fourth-order valence-electron chi connectivity index (χ4n) is 3.04. The zero-order valence-corrected chi connectivity index (χ0v) is 15.0. The summed E-state index contributed by atoms with van der Waals surface area (Å²) in [6, 6.07) is 5.65. The Morgan fingerprint density at radius 1 is 1.14 bits per heavy atom. The average Bonchev–Trinajstić information content (AvgIpc) is 2.72. The lowest BCUT2D eigenvalue weighted by molar-refractivity contribution is -0.143. The first-order chi connectivity index (χ1) is 13.5. The van der Waals surface area contributed by atoms with Crippen molar-refractivity contribution in [3.05, 3.63) is 59.4 Å². The number of rotatable bonds is 5. The molecule has 1 atom stereocenters. The van der Waals surface area contributed by atoms with Crippen LogP contribution in [0.5, 0.6) is 0 Å². The first-order valence-electron chi connectivity index (χ1n) is 8.81. The fourth-order valence-corrected chi connectivity index (χ4v) is 3.04. The molecule has 0 bridgehead atoms. The molecule has 146 valence electrons. The van der Waals surface area contributed by atoms with E-state index in [0.717, 1.165) is 0 Å². The molecule has 1 aliphatic heterocycles. The van der Waals surface area contributed by atoms with Crippen LogP contribution in [0.2, 0.25) is 0 Å². The summed E-state index contributed by atoms with van der Waals surface area (Å²) in [5, 5.41) is 11.8. The van der Waals surface area contributed by atoms with Crippen LogP contribution in [0.25, 0.3) is 0 Å². The number of halogens is 1. The molecule has 2 aromatic rings. The molecule has 8 nitrogen and oxygen atoms in total. The van der Waals surface area contributed by atoms with Crippen LogP contribution in [0.1, 0.15) is 39.4 Å². The predicted molar refractivity (Wildman–Crippen MR) is 95.9 cm³/mol. The third kappa shape index (κ3) is 4.48. The fraction of sp³-hybridized carbons (Fsp3) is 0.316. The molecule has 1 aromatic carbocycles. The van der Waals surface area contributed by atoms with Gasteiger partial charge in [0.15, 0.2) is 11.4 Å². The number of aromatic nitrogens is 2. The molecule has 2 heterocycles. The van der Waals surface area contributed by atoms with Gasteiger partial charge in [0, 0.05) is 32.0 Å². The Hall–Kier alpha value is -3.36. The molecule has 1 saturated heterocycles. The maximum Gasteiger partial charge on any atom is 0.308 e. The molecule has 1 aromatic heterocycles. The molecule has 0 saturated carbocycles. The van der Waals surface area contributed by atoms with Crippen LogP contribution in [0.4, 0.5) is 4.39 Å². The number of carbonyl (C=O) groups excluding carboxylic acids is 2. The molecule has 0 aliphatic carbocycles. The molecule has 1 fully saturated rings. The second-order valence-electron chi connectivity index (χ2n) is 6.49. The van der Waals surface area contributed by atoms with E-state index in [2.05, 4.69) is 15.3 Å². The summed E-state index contributed by atoms with van der Waals surface area (Å²) < 4.78 is 13.0. The highest BCUT2D eigenvalue weighted by atomic mass is 19.1. The Morgan fingerprint density at radius 2 is 1.82 bits per heavy atom. The zero-order chi connectivity index (χ0) is 20.1. The number of nitrogens with one attached hydrogen (secondary N) is 1. The number of hydrogen-bond donors (Lipinski definition) is 2. The number of amides is 2. The normalized spacial score (nSPS) is 16.5. The highest BCUT2D eigenvalue weighted by Gasteiger charge is 2.31. The van der Waals surface area contributed by atoms with Crippen molar-refractivity contribution in [2.45, 2.75) is 19.4 Å². The average molecular weight is 386 g/mol. The summed E-state index contributed by atoms with van der Waals surface area (Å²) >= 11 is 0. The van der Waals surface area contributed by atoms with Crippen molar-refractivity contribution >= 4 is 17.8 Å². The number of carboxylic acids is 1. The van der Waals surface area contributed by atoms with E-state index < -0.39 is 23.7 Å². The van der Waals surface area contributed by atoms with Gasteiger partial charge in [0.25, 0.3) is 11.8 Å². The summed E-state index contributed by atoms with van der Waals surface area (Å²) in [5.74, 6) is -3.07. The number of carbonyl (C=O) groups is 3. The van der Waals surface area contributed by atoms with Crippen molar-refractivity contribution in [3.8, 4) is 0 Å². The van der Waals surface area contributed by atoms with E-state index in [1.807, 2.05) is 0 Å². The molecule has 28 heavy (non-hydrogen) atoms. The van der Waals surface area contributed by atoms with Gasteiger partial charge in [0.2, 0.25) is 0 Å². The minimum Gasteiger partial charge on any atom is -0.481 e. The second kappa shape index (κ2) is 8.55. The topological polar surface area (TPSA) is 112 Å². The summed E-state index contributed by atoms with van der Waals surface area (Å²) in [4.78, 5) is 45.9. The number of benzene rings is 1. The van der Waals surface area contributed by atoms with E-state index in [1.54, 1.807) is 0 Å².